The second-order valence-electron chi connectivity index (χ2n) is 7.16. The Hall–Kier alpha value is -2.16. The van der Waals surface area contributed by atoms with E-state index in [1.165, 1.54) is 7.11 Å². The number of aromatic nitrogens is 2. The van der Waals surface area contributed by atoms with Crippen molar-refractivity contribution >= 4 is 18.4 Å². The highest BCUT2D eigenvalue weighted by atomic mass is 35.5. The van der Waals surface area contributed by atoms with Crippen molar-refractivity contribution in [2.45, 2.75) is 45.4 Å². The summed E-state index contributed by atoms with van der Waals surface area (Å²) in [6, 6.07) is 6.69. The number of hydrogen-bond acceptors (Lipinski definition) is 8. The van der Waals surface area contributed by atoms with Crippen LogP contribution < -0.4 is 10.5 Å². The minimum absolute atomic E-state index is 0. The number of ether oxygens (including phenoxy) is 3. The highest BCUT2D eigenvalue weighted by Gasteiger charge is 2.62. The SMILES string of the molecule is CCOC1CC(N)(c2nc(COc3cccc(C(=O)OC)c3)no2)C1(C)C.Cl. The average Bonchev–Trinajstić information content (AvgIpc) is 3.15. The Kier molecular flexibility index (Phi) is 6.69. The molecule has 1 aromatic carbocycles. The van der Waals surface area contributed by atoms with Crippen molar-refractivity contribution in [3.05, 3.63) is 41.5 Å². The molecule has 2 unspecified atom stereocenters. The summed E-state index contributed by atoms with van der Waals surface area (Å²) in [4.78, 5) is 16.0. The van der Waals surface area contributed by atoms with Gasteiger partial charge in [0.2, 0.25) is 11.7 Å². The Morgan fingerprint density at radius 1 is 1.39 bits per heavy atom. The van der Waals surface area contributed by atoms with Crippen LogP contribution in [0.5, 0.6) is 5.75 Å². The second kappa shape index (κ2) is 8.46. The van der Waals surface area contributed by atoms with Crippen LogP contribution in [0.1, 0.15) is 49.3 Å². The summed E-state index contributed by atoms with van der Waals surface area (Å²) in [7, 11) is 1.33. The molecule has 0 radical (unpaired) electrons. The number of methoxy groups -OCH3 is 1. The van der Waals surface area contributed by atoms with Gasteiger partial charge in [0.05, 0.1) is 18.8 Å². The highest BCUT2D eigenvalue weighted by Crippen LogP contribution is 2.55. The Labute approximate surface area is 170 Å². The summed E-state index contributed by atoms with van der Waals surface area (Å²) in [6.45, 7) is 6.77. The van der Waals surface area contributed by atoms with Crippen molar-refractivity contribution in [3.8, 4) is 5.75 Å². The molecular weight excluding hydrogens is 386 g/mol. The molecule has 1 heterocycles. The van der Waals surface area contributed by atoms with E-state index in [4.69, 9.17) is 24.5 Å². The van der Waals surface area contributed by atoms with E-state index < -0.39 is 11.5 Å². The van der Waals surface area contributed by atoms with Crippen LogP contribution in [-0.2, 0) is 21.6 Å². The van der Waals surface area contributed by atoms with Crippen LogP contribution in [0.4, 0.5) is 0 Å². The molecule has 0 bridgehead atoms. The number of esters is 1. The molecule has 28 heavy (non-hydrogen) atoms. The molecule has 154 valence electrons. The molecule has 1 saturated carbocycles. The number of hydrogen-bond donors (Lipinski definition) is 1. The van der Waals surface area contributed by atoms with E-state index in [-0.39, 0.29) is 30.5 Å². The number of halogens is 1. The number of nitrogens with two attached hydrogens (primary N) is 1. The van der Waals surface area contributed by atoms with E-state index in [9.17, 15) is 4.79 Å². The van der Waals surface area contributed by atoms with Gasteiger partial charge in [-0.25, -0.2) is 4.79 Å². The van der Waals surface area contributed by atoms with Crippen molar-refractivity contribution in [2.75, 3.05) is 13.7 Å². The average molecular weight is 412 g/mol. The number of carbonyl (C=O) groups is 1. The van der Waals surface area contributed by atoms with Crippen molar-refractivity contribution in [2.24, 2.45) is 11.1 Å². The molecule has 1 aliphatic rings. The Balaban J connectivity index is 0.00000280. The molecule has 9 heteroatoms. The smallest absolute Gasteiger partial charge is 0.337 e. The molecule has 1 fully saturated rings. The first-order chi connectivity index (χ1) is 12.8. The van der Waals surface area contributed by atoms with Crippen molar-refractivity contribution in [1.29, 1.82) is 0 Å². The molecule has 2 atom stereocenters. The quantitative estimate of drug-likeness (QED) is 0.692. The van der Waals surface area contributed by atoms with Gasteiger partial charge in [-0.3, -0.25) is 0 Å². The normalized spacial score (nSPS) is 22.7. The lowest BCUT2D eigenvalue weighted by atomic mass is 9.54. The zero-order valence-electron chi connectivity index (χ0n) is 16.4. The van der Waals surface area contributed by atoms with Crippen LogP contribution in [0.15, 0.2) is 28.8 Å². The fraction of sp³-hybridized carbons (Fsp3) is 0.526. The molecule has 0 amide bonds. The van der Waals surface area contributed by atoms with Crippen LogP contribution in [0.2, 0.25) is 0 Å². The lowest BCUT2D eigenvalue weighted by Crippen LogP contribution is -2.67. The topological polar surface area (TPSA) is 110 Å². The fourth-order valence-corrected chi connectivity index (χ4v) is 3.27. The second-order valence-corrected chi connectivity index (χ2v) is 7.16. The number of nitrogens with zero attached hydrogens (tertiary/aromatic N) is 2. The highest BCUT2D eigenvalue weighted by molar-refractivity contribution is 5.89. The van der Waals surface area contributed by atoms with Crippen molar-refractivity contribution in [1.82, 2.24) is 10.1 Å². The van der Waals surface area contributed by atoms with E-state index in [1.807, 2.05) is 20.8 Å². The molecule has 1 aromatic heterocycles. The number of carbonyl (C=O) groups excluding carboxylic acids is 1. The van der Waals surface area contributed by atoms with Crippen molar-refractivity contribution in [3.63, 3.8) is 0 Å². The zero-order chi connectivity index (χ0) is 19.7. The molecular formula is C19H26ClN3O5. The van der Waals surface area contributed by atoms with E-state index in [2.05, 4.69) is 10.1 Å². The van der Waals surface area contributed by atoms with Crippen LogP contribution in [0, 0.1) is 5.41 Å². The van der Waals surface area contributed by atoms with Gasteiger partial charge >= 0.3 is 5.97 Å². The van der Waals surface area contributed by atoms with Gasteiger partial charge in [0.25, 0.3) is 0 Å². The van der Waals surface area contributed by atoms with Crippen molar-refractivity contribution < 1.29 is 23.5 Å². The lowest BCUT2D eigenvalue weighted by molar-refractivity contribution is -0.162. The molecule has 8 nitrogen and oxygen atoms in total. The summed E-state index contributed by atoms with van der Waals surface area (Å²) in [5.74, 6) is 0.842. The molecule has 0 saturated heterocycles. The first-order valence-corrected chi connectivity index (χ1v) is 8.86. The van der Waals surface area contributed by atoms with E-state index >= 15 is 0 Å². The van der Waals surface area contributed by atoms with Gasteiger partial charge < -0.3 is 24.5 Å². The summed E-state index contributed by atoms with van der Waals surface area (Å²) in [5, 5.41) is 3.97. The minimum atomic E-state index is -0.733. The summed E-state index contributed by atoms with van der Waals surface area (Å²) in [5.41, 5.74) is 5.90. The van der Waals surface area contributed by atoms with Crippen LogP contribution in [0.25, 0.3) is 0 Å². The minimum Gasteiger partial charge on any atom is -0.485 e. The van der Waals surface area contributed by atoms with Gasteiger partial charge in [-0.1, -0.05) is 25.1 Å². The van der Waals surface area contributed by atoms with Crippen LogP contribution >= 0.6 is 12.4 Å². The third-order valence-corrected chi connectivity index (χ3v) is 5.30. The van der Waals surface area contributed by atoms with Gasteiger partial charge in [-0.05, 0) is 25.1 Å². The number of benzene rings is 1. The van der Waals surface area contributed by atoms with E-state index in [0.29, 0.717) is 36.1 Å². The first kappa shape index (κ1) is 22.1. The maximum atomic E-state index is 11.6. The lowest BCUT2D eigenvalue weighted by Gasteiger charge is -2.56. The van der Waals surface area contributed by atoms with Gasteiger partial charge in [-0.2, -0.15) is 4.98 Å². The molecule has 3 rings (SSSR count). The zero-order valence-corrected chi connectivity index (χ0v) is 17.2. The summed E-state index contributed by atoms with van der Waals surface area (Å²) >= 11 is 0. The van der Waals surface area contributed by atoms with Gasteiger partial charge in [0.1, 0.15) is 11.3 Å². The number of rotatable bonds is 7. The largest absolute Gasteiger partial charge is 0.485 e. The molecule has 0 spiro atoms. The predicted octanol–water partition coefficient (Wildman–Crippen LogP) is 2.85. The fourth-order valence-electron chi connectivity index (χ4n) is 3.27. The van der Waals surface area contributed by atoms with Crippen LogP contribution in [0.3, 0.4) is 0 Å². The molecule has 2 aromatic rings. The Bertz CT molecular complexity index is 825. The predicted molar refractivity (Wildman–Crippen MR) is 103 cm³/mol. The standard InChI is InChI=1S/C19H25N3O5.ClH/c1-5-25-14-10-19(20,18(14,2)3)17-21-15(22-27-17)11-26-13-8-6-7-12(9-13)16(23)24-4;/h6-9,14H,5,10-11,20H2,1-4H3;1H. The summed E-state index contributed by atoms with van der Waals surface area (Å²) < 4.78 is 21.5. The third-order valence-electron chi connectivity index (χ3n) is 5.30. The van der Waals surface area contributed by atoms with E-state index in [1.54, 1.807) is 24.3 Å². The van der Waals surface area contributed by atoms with Gasteiger partial charge in [0, 0.05) is 18.4 Å². The molecule has 1 aliphatic carbocycles. The maximum Gasteiger partial charge on any atom is 0.337 e. The molecule has 0 aliphatic heterocycles. The third kappa shape index (κ3) is 3.85. The van der Waals surface area contributed by atoms with E-state index in [0.717, 1.165) is 0 Å². The first-order valence-electron chi connectivity index (χ1n) is 8.86. The molecule has 2 N–H and O–H groups in total. The van der Waals surface area contributed by atoms with Gasteiger partial charge in [0.15, 0.2) is 6.61 Å². The Morgan fingerprint density at radius 2 is 2.14 bits per heavy atom. The monoisotopic (exact) mass is 411 g/mol. The van der Waals surface area contributed by atoms with Gasteiger partial charge in [-0.15, -0.1) is 12.4 Å². The Morgan fingerprint density at radius 3 is 2.79 bits per heavy atom. The summed E-state index contributed by atoms with van der Waals surface area (Å²) in [6.07, 6.45) is 0.678. The van der Waals surface area contributed by atoms with Crippen LogP contribution in [-0.4, -0.2) is 35.9 Å². The maximum absolute atomic E-state index is 11.6.